The molecule has 5 rings (SSSR count). The first-order valence-corrected chi connectivity index (χ1v) is 13.4. The third-order valence-electron chi connectivity index (χ3n) is 6.75. The van der Waals surface area contributed by atoms with Crippen molar-refractivity contribution in [3.63, 3.8) is 0 Å². The molecular weight excluding hydrogens is 464 g/mol. The molecule has 33 heavy (non-hydrogen) atoms. The molecule has 6 nitrogen and oxygen atoms in total. The number of aromatic nitrogens is 1. The molecule has 0 radical (unpaired) electrons. The van der Waals surface area contributed by atoms with Gasteiger partial charge in [-0.25, -0.2) is 17.3 Å². The molecule has 3 heterocycles. The van der Waals surface area contributed by atoms with Crippen molar-refractivity contribution in [3.05, 3.63) is 41.6 Å². The third-order valence-corrected chi connectivity index (χ3v) is 9.02. The number of fused-ring (bicyclic) bond motifs is 1. The monoisotopic (exact) mass is 493 g/mol. The second kappa shape index (κ2) is 8.79. The Labute approximate surface area is 200 Å². The summed E-state index contributed by atoms with van der Waals surface area (Å²) in [4.78, 5) is 7.40. The largest absolute Gasteiger partial charge is 0.295 e. The Morgan fingerprint density at radius 1 is 1.15 bits per heavy atom. The zero-order valence-corrected chi connectivity index (χ0v) is 20.8. The van der Waals surface area contributed by atoms with Gasteiger partial charge in [-0.3, -0.25) is 18.5 Å². The highest BCUT2D eigenvalue weighted by Gasteiger charge is 2.58. The molecule has 0 amide bonds. The van der Waals surface area contributed by atoms with Gasteiger partial charge in [0.2, 0.25) is 11.2 Å². The van der Waals surface area contributed by atoms with E-state index in [2.05, 4.69) is 27.6 Å². The second-order valence-corrected chi connectivity index (χ2v) is 11.3. The minimum atomic E-state index is -2.63. The lowest BCUT2D eigenvalue weighted by atomic mass is 10.0. The van der Waals surface area contributed by atoms with Crippen LogP contribution in [0.5, 0.6) is 0 Å². The van der Waals surface area contributed by atoms with Gasteiger partial charge in [0.25, 0.3) is 5.92 Å². The maximum absolute atomic E-state index is 13.5. The first-order chi connectivity index (χ1) is 15.8. The van der Waals surface area contributed by atoms with E-state index in [1.54, 1.807) is 27.6 Å². The standard InChI is InChI=1S/C23H29F2N5OS2/c1-16-4-6-19(15-28-8-10-29(32-3)11-9-28)26-22(16)17-5-7-20-21(12-17)27(2)33(31)30(20)14-18-13-23(18,24)25/h4-7,12,18H,8-11,13-15H2,1-3H3. The van der Waals surface area contributed by atoms with Crippen LogP contribution in [0.2, 0.25) is 0 Å². The van der Waals surface area contributed by atoms with Gasteiger partial charge in [0.05, 0.1) is 22.8 Å². The molecule has 2 atom stereocenters. The number of hydrogen-bond donors (Lipinski definition) is 0. The van der Waals surface area contributed by atoms with Crippen LogP contribution >= 0.6 is 11.9 Å². The number of nitrogens with zero attached hydrogens (tertiary/aromatic N) is 5. The average Bonchev–Trinajstić information content (AvgIpc) is 3.35. The van der Waals surface area contributed by atoms with Crippen molar-refractivity contribution in [3.8, 4) is 11.3 Å². The van der Waals surface area contributed by atoms with E-state index in [4.69, 9.17) is 4.98 Å². The fraction of sp³-hybridized carbons (Fsp3) is 0.522. The highest BCUT2D eigenvalue weighted by atomic mass is 32.2. The average molecular weight is 494 g/mol. The van der Waals surface area contributed by atoms with Crippen molar-refractivity contribution in [2.24, 2.45) is 5.92 Å². The van der Waals surface area contributed by atoms with Gasteiger partial charge in [0, 0.05) is 64.2 Å². The van der Waals surface area contributed by atoms with E-state index < -0.39 is 23.0 Å². The summed E-state index contributed by atoms with van der Waals surface area (Å²) < 4.78 is 45.4. The molecule has 178 valence electrons. The summed E-state index contributed by atoms with van der Waals surface area (Å²) in [5.41, 5.74) is 5.48. The van der Waals surface area contributed by atoms with Gasteiger partial charge < -0.3 is 0 Å². The number of piperazine rings is 1. The number of benzene rings is 1. The van der Waals surface area contributed by atoms with Crippen LogP contribution in [0.4, 0.5) is 20.2 Å². The number of halogens is 2. The molecule has 0 spiro atoms. The summed E-state index contributed by atoms with van der Waals surface area (Å²) in [7, 11) is 1.74. The Hall–Kier alpha value is -1.75. The summed E-state index contributed by atoms with van der Waals surface area (Å²) in [6.45, 7) is 7.11. The topological polar surface area (TPSA) is 42.9 Å². The molecule has 1 aromatic heterocycles. The van der Waals surface area contributed by atoms with E-state index >= 15 is 0 Å². The normalized spacial score (nSPS) is 24.9. The first kappa shape index (κ1) is 23.0. The molecule has 2 aliphatic heterocycles. The fourth-order valence-corrected chi connectivity index (χ4v) is 6.30. The van der Waals surface area contributed by atoms with Crippen molar-refractivity contribution < 1.29 is 13.0 Å². The number of hydrogen-bond acceptors (Lipinski definition) is 5. The van der Waals surface area contributed by atoms with Crippen molar-refractivity contribution in [1.82, 2.24) is 14.2 Å². The molecule has 2 unspecified atom stereocenters. The molecule has 1 aromatic carbocycles. The lowest BCUT2D eigenvalue weighted by Crippen LogP contribution is -2.42. The van der Waals surface area contributed by atoms with E-state index in [0.717, 1.165) is 66.6 Å². The van der Waals surface area contributed by atoms with E-state index in [1.165, 1.54) is 0 Å². The van der Waals surface area contributed by atoms with Gasteiger partial charge >= 0.3 is 0 Å². The number of rotatable bonds is 6. The summed E-state index contributed by atoms with van der Waals surface area (Å²) in [5, 5.41) is 0. The van der Waals surface area contributed by atoms with Crippen LogP contribution < -0.4 is 8.61 Å². The molecule has 0 N–H and O–H groups in total. The summed E-state index contributed by atoms with van der Waals surface area (Å²) in [6, 6.07) is 10.0. The lowest BCUT2D eigenvalue weighted by molar-refractivity contribution is 0.101. The second-order valence-electron chi connectivity index (χ2n) is 9.01. The Kier molecular flexibility index (Phi) is 6.13. The molecule has 3 aliphatic rings. The Morgan fingerprint density at radius 2 is 1.88 bits per heavy atom. The molecule has 10 heteroatoms. The molecule has 1 saturated carbocycles. The first-order valence-electron chi connectivity index (χ1n) is 11.2. The molecule has 0 bridgehead atoms. The highest BCUT2D eigenvalue weighted by molar-refractivity contribution is 7.96. The van der Waals surface area contributed by atoms with Gasteiger partial charge in [-0.15, -0.1) is 0 Å². The predicted molar refractivity (Wildman–Crippen MR) is 132 cm³/mol. The van der Waals surface area contributed by atoms with Crippen LogP contribution in [-0.2, 0) is 17.7 Å². The van der Waals surface area contributed by atoms with E-state index in [0.29, 0.717) is 0 Å². The molecule has 1 aliphatic carbocycles. The van der Waals surface area contributed by atoms with Gasteiger partial charge in [0.15, 0.2) is 0 Å². The maximum atomic E-state index is 13.5. The zero-order chi connectivity index (χ0) is 23.3. The smallest absolute Gasteiger partial charge is 0.253 e. The van der Waals surface area contributed by atoms with Crippen LogP contribution in [0.25, 0.3) is 11.3 Å². The van der Waals surface area contributed by atoms with Crippen LogP contribution in [0.3, 0.4) is 0 Å². The van der Waals surface area contributed by atoms with Crippen molar-refractivity contribution in [2.75, 3.05) is 54.6 Å². The van der Waals surface area contributed by atoms with Crippen molar-refractivity contribution in [1.29, 1.82) is 0 Å². The van der Waals surface area contributed by atoms with Crippen molar-refractivity contribution in [2.45, 2.75) is 25.8 Å². The lowest BCUT2D eigenvalue weighted by Gasteiger charge is -2.33. The molecular formula is C23H29F2N5OS2. The Morgan fingerprint density at radius 3 is 2.55 bits per heavy atom. The molecule has 2 fully saturated rings. The summed E-state index contributed by atoms with van der Waals surface area (Å²) in [6.07, 6.45) is 1.99. The summed E-state index contributed by atoms with van der Waals surface area (Å²) >= 11 is 0.299. The van der Waals surface area contributed by atoms with E-state index in [-0.39, 0.29) is 13.0 Å². The minimum Gasteiger partial charge on any atom is -0.295 e. The zero-order valence-electron chi connectivity index (χ0n) is 19.1. The Balaban J connectivity index is 1.37. The van der Waals surface area contributed by atoms with Crippen LogP contribution in [-0.4, -0.2) is 70.3 Å². The maximum Gasteiger partial charge on any atom is 0.253 e. The van der Waals surface area contributed by atoms with Gasteiger partial charge in [-0.05, 0) is 36.9 Å². The quantitative estimate of drug-likeness (QED) is 0.571. The SMILES string of the molecule is CSN1CCN(Cc2ccc(C)c(-c3ccc4c(c3)N(C)S(=O)N4CC3CC3(F)F)n2)CC1. The van der Waals surface area contributed by atoms with Crippen LogP contribution in [0.1, 0.15) is 17.7 Å². The fourth-order valence-electron chi connectivity index (χ4n) is 4.53. The minimum absolute atomic E-state index is 0.104. The van der Waals surface area contributed by atoms with Gasteiger partial charge in [0.1, 0.15) is 0 Å². The predicted octanol–water partition coefficient (Wildman–Crippen LogP) is 3.94. The highest BCUT2D eigenvalue weighted by Crippen LogP contribution is 2.51. The number of anilines is 2. The van der Waals surface area contributed by atoms with Crippen LogP contribution in [0.15, 0.2) is 30.3 Å². The number of aryl methyl sites for hydroxylation is 1. The van der Waals surface area contributed by atoms with Gasteiger partial charge in [-0.2, -0.15) is 0 Å². The van der Waals surface area contributed by atoms with Crippen molar-refractivity contribution >= 4 is 34.5 Å². The Bertz CT molecular complexity index is 1080. The third kappa shape index (κ3) is 4.50. The van der Waals surface area contributed by atoms with E-state index in [1.807, 2.05) is 25.1 Å². The van der Waals surface area contributed by atoms with Crippen LogP contribution in [0, 0.1) is 12.8 Å². The summed E-state index contributed by atoms with van der Waals surface area (Å²) in [5.74, 6) is -3.35. The molecule has 1 saturated heterocycles. The van der Waals surface area contributed by atoms with E-state index in [9.17, 15) is 13.0 Å². The molecule has 2 aromatic rings. The number of pyridine rings is 1. The number of alkyl halides is 2. The van der Waals surface area contributed by atoms with Gasteiger partial charge in [-0.1, -0.05) is 24.1 Å².